The summed E-state index contributed by atoms with van der Waals surface area (Å²) in [6.45, 7) is 1.82. The Morgan fingerprint density at radius 2 is 2.00 bits per heavy atom. The summed E-state index contributed by atoms with van der Waals surface area (Å²) >= 11 is 0. The number of benzene rings is 1. The Morgan fingerprint density at radius 3 is 2.65 bits per heavy atom. The van der Waals surface area contributed by atoms with E-state index >= 15 is 0 Å². The highest BCUT2D eigenvalue weighted by Gasteiger charge is 2.20. The van der Waals surface area contributed by atoms with Gasteiger partial charge in [0.05, 0.1) is 29.1 Å². The molecule has 20 heavy (non-hydrogen) atoms. The zero-order chi connectivity index (χ0) is 14.8. The van der Waals surface area contributed by atoms with Crippen molar-refractivity contribution in [2.45, 2.75) is 17.6 Å². The quantitative estimate of drug-likeness (QED) is 0.871. The van der Waals surface area contributed by atoms with Crippen LogP contribution >= 0.6 is 0 Å². The predicted octanol–water partition coefficient (Wildman–Crippen LogP) is 1.95. The number of ether oxygens (including phenoxy) is 1. The maximum absolute atomic E-state index is 12.4. The minimum atomic E-state index is -3.56. The molecule has 6 heteroatoms. The average molecular weight is 292 g/mol. The molecule has 5 nitrogen and oxygen atoms in total. The van der Waals surface area contributed by atoms with Crippen molar-refractivity contribution in [2.75, 3.05) is 12.8 Å². The van der Waals surface area contributed by atoms with E-state index in [4.69, 9.17) is 10.5 Å². The summed E-state index contributed by atoms with van der Waals surface area (Å²) in [6.07, 6.45) is 0. The van der Waals surface area contributed by atoms with E-state index in [2.05, 4.69) is 4.98 Å². The van der Waals surface area contributed by atoms with Crippen LogP contribution < -0.4 is 10.5 Å². The van der Waals surface area contributed by atoms with Gasteiger partial charge in [-0.1, -0.05) is 6.07 Å². The molecule has 1 heterocycles. The second kappa shape index (κ2) is 5.50. The first kappa shape index (κ1) is 14.3. The SMILES string of the molecule is COc1ccc(N)c(S(=O)(=O)Cc2cccc(C)n2)c1. The monoisotopic (exact) mass is 292 g/mol. The number of nitrogens with zero attached hydrogens (tertiary/aromatic N) is 1. The van der Waals surface area contributed by atoms with Gasteiger partial charge in [-0.05, 0) is 31.2 Å². The Morgan fingerprint density at radius 1 is 1.25 bits per heavy atom. The highest BCUT2D eigenvalue weighted by Crippen LogP contribution is 2.26. The number of aromatic nitrogens is 1. The summed E-state index contributed by atoms with van der Waals surface area (Å²) in [5, 5.41) is 0. The first-order valence-electron chi connectivity index (χ1n) is 6.01. The van der Waals surface area contributed by atoms with Crippen LogP contribution in [0.3, 0.4) is 0 Å². The number of anilines is 1. The van der Waals surface area contributed by atoms with Crippen molar-refractivity contribution >= 4 is 15.5 Å². The molecule has 0 fully saturated rings. The van der Waals surface area contributed by atoms with E-state index in [1.54, 1.807) is 18.2 Å². The van der Waals surface area contributed by atoms with E-state index in [1.807, 2.05) is 13.0 Å². The molecule has 0 saturated heterocycles. The molecule has 0 radical (unpaired) electrons. The second-order valence-electron chi connectivity index (χ2n) is 4.43. The van der Waals surface area contributed by atoms with Gasteiger partial charge in [0.15, 0.2) is 9.84 Å². The van der Waals surface area contributed by atoms with Gasteiger partial charge in [-0.15, -0.1) is 0 Å². The topological polar surface area (TPSA) is 82.3 Å². The van der Waals surface area contributed by atoms with Crippen molar-refractivity contribution in [1.29, 1.82) is 0 Å². The summed E-state index contributed by atoms with van der Waals surface area (Å²) in [5.41, 5.74) is 7.23. The molecule has 0 aliphatic rings. The molecule has 2 rings (SSSR count). The summed E-state index contributed by atoms with van der Waals surface area (Å²) < 4.78 is 29.9. The lowest BCUT2D eigenvalue weighted by Crippen LogP contribution is -2.09. The Bertz CT molecular complexity index is 727. The molecular weight excluding hydrogens is 276 g/mol. The van der Waals surface area contributed by atoms with Gasteiger partial charge >= 0.3 is 0 Å². The maximum Gasteiger partial charge on any atom is 0.186 e. The third-order valence-electron chi connectivity index (χ3n) is 2.84. The van der Waals surface area contributed by atoms with Crippen LogP contribution in [0.4, 0.5) is 5.69 Å². The molecule has 0 saturated carbocycles. The lowest BCUT2D eigenvalue weighted by atomic mass is 10.3. The highest BCUT2D eigenvalue weighted by atomic mass is 32.2. The molecule has 2 N–H and O–H groups in total. The number of methoxy groups -OCH3 is 1. The van der Waals surface area contributed by atoms with E-state index in [0.717, 1.165) is 5.69 Å². The first-order valence-corrected chi connectivity index (χ1v) is 7.66. The summed E-state index contributed by atoms with van der Waals surface area (Å²) in [6, 6.07) is 9.86. The number of rotatable bonds is 4. The summed E-state index contributed by atoms with van der Waals surface area (Å²) in [5.74, 6) is 0.265. The standard InChI is InChI=1S/C14H16N2O3S/c1-10-4-3-5-11(16-10)9-20(17,18)14-8-12(19-2)6-7-13(14)15/h3-8H,9,15H2,1-2H3. The van der Waals surface area contributed by atoms with Gasteiger partial charge in [-0.3, -0.25) is 4.98 Å². The largest absolute Gasteiger partial charge is 0.497 e. The molecule has 1 aromatic heterocycles. The lowest BCUT2D eigenvalue weighted by Gasteiger charge is -2.09. The van der Waals surface area contributed by atoms with Crippen LogP contribution in [-0.4, -0.2) is 20.5 Å². The first-order chi connectivity index (χ1) is 9.42. The van der Waals surface area contributed by atoms with Crippen molar-refractivity contribution in [3.05, 3.63) is 47.8 Å². The Labute approximate surface area is 118 Å². The van der Waals surface area contributed by atoms with Crippen molar-refractivity contribution in [3.63, 3.8) is 0 Å². The molecule has 106 valence electrons. The van der Waals surface area contributed by atoms with E-state index in [9.17, 15) is 8.42 Å². The Kier molecular flexibility index (Phi) is 3.94. The number of nitrogen functional groups attached to an aromatic ring is 1. The zero-order valence-corrected chi connectivity index (χ0v) is 12.1. The van der Waals surface area contributed by atoms with E-state index in [0.29, 0.717) is 11.4 Å². The van der Waals surface area contributed by atoms with Gasteiger partial charge < -0.3 is 10.5 Å². The van der Waals surface area contributed by atoms with Gasteiger partial charge in [0.25, 0.3) is 0 Å². The molecule has 0 unspecified atom stereocenters. The summed E-state index contributed by atoms with van der Waals surface area (Å²) in [4.78, 5) is 4.27. The van der Waals surface area contributed by atoms with Gasteiger partial charge in [-0.25, -0.2) is 8.42 Å². The zero-order valence-electron chi connectivity index (χ0n) is 11.3. The van der Waals surface area contributed by atoms with Crippen molar-refractivity contribution in [1.82, 2.24) is 4.98 Å². The fourth-order valence-electron chi connectivity index (χ4n) is 1.86. The Balaban J connectivity index is 2.40. The molecule has 0 bridgehead atoms. The fraction of sp³-hybridized carbons (Fsp3) is 0.214. The third kappa shape index (κ3) is 3.08. The van der Waals surface area contributed by atoms with Crippen LogP contribution in [0.1, 0.15) is 11.4 Å². The van der Waals surface area contributed by atoms with Crippen LogP contribution in [0.15, 0.2) is 41.3 Å². The molecule has 0 aliphatic heterocycles. The second-order valence-corrected chi connectivity index (χ2v) is 6.39. The van der Waals surface area contributed by atoms with Gasteiger partial charge in [0.1, 0.15) is 5.75 Å². The van der Waals surface area contributed by atoms with Crippen molar-refractivity contribution in [2.24, 2.45) is 0 Å². The van der Waals surface area contributed by atoms with Crippen LogP contribution in [0.2, 0.25) is 0 Å². The minimum Gasteiger partial charge on any atom is -0.497 e. The smallest absolute Gasteiger partial charge is 0.186 e. The van der Waals surface area contributed by atoms with Gasteiger partial charge in [-0.2, -0.15) is 0 Å². The number of hydrogen-bond donors (Lipinski definition) is 1. The number of hydrogen-bond acceptors (Lipinski definition) is 5. The molecule has 0 amide bonds. The average Bonchev–Trinajstić information content (AvgIpc) is 2.38. The number of sulfone groups is 1. The van der Waals surface area contributed by atoms with Gasteiger partial charge in [0.2, 0.25) is 0 Å². The van der Waals surface area contributed by atoms with E-state index < -0.39 is 9.84 Å². The van der Waals surface area contributed by atoms with Crippen molar-refractivity contribution < 1.29 is 13.2 Å². The molecule has 1 aromatic carbocycles. The van der Waals surface area contributed by atoms with E-state index in [-0.39, 0.29) is 16.3 Å². The van der Waals surface area contributed by atoms with Crippen LogP contribution in [0, 0.1) is 6.92 Å². The molecular formula is C14H16N2O3S. The van der Waals surface area contributed by atoms with E-state index in [1.165, 1.54) is 19.2 Å². The predicted molar refractivity (Wildman–Crippen MR) is 77.3 cm³/mol. The molecule has 0 atom stereocenters. The fourth-order valence-corrected chi connectivity index (χ4v) is 3.29. The molecule has 0 spiro atoms. The lowest BCUT2D eigenvalue weighted by molar-refractivity contribution is 0.413. The third-order valence-corrected chi connectivity index (χ3v) is 4.54. The minimum absolute atomic E-state index is 0.0696. The van der Waals surface area contributed by atoms with Crippen LogP contribution in [-0.2, 0) is 15.6 Å². The van der Waals surface area contributed by atoms with Crippen LogP contribution in [0.25, 0.3) is 0 Å². The normalized spacial score (nSPS) is 11.3. The number of nitrogens with two attached hydrogens (primary N) is 1. The summed E-state index contributed by atoms with van der Waals surface area (Å²) in [7, 11) is -2.08. The molecule has 0 aliphatic carbocycles. The Hall–Kier alpha value is -2.08. The van der Waals surface area contributed by atoms with Crippen LogP contribution in [0.5, 0.6) is 5.75 Å². The number of pyridine rings is 1. The number of aryl methyl sites for hydroxylation is 1. The van der Waals surface area contributed by atoms with Gasteiger partial charge in [0, 0.05) is 11.8 Å². The maximum atomic E-state index is 12.4. The molecule has 2 aromatic rings. The van der Waals surface area contributed by atoms with Crippen molar-refractivity contribution in [3.8, 4) is 5.75 Å². The highest BCUT2D eigenvalue weighted by molar-refractivity contribution is 7.90.